The molecular formula is C23H18ClF3N2O3S. The number of nitrogens with one attached hydrogen (secondary N) is 1. The van der Waals surface area contributed by atoms with Crippen LogP contribution in [0.3, 0.4) is 0 Å². The molecule has 0 fully saturated rings. The van der Waals surface area contributed by atoms with Crippen LogP contribution in [0.1, 0.15) is 27.0 Å². The van der Waals surface area contributed by atoms with Crippen LogP contribution < -0.4 is 4.72 Å². The van der Waals surface area contributed by atoms with E-state index in [9.17, 15) is 26.4 Å². The summed E-state index contributed by atoms with van der Waals surface area (Å²) in [5.74, 6) is -0.425. The molecule has 1 aliphatic heterocycles. The van der Waals surface area contributed by atoms with E-state index in [1.807, 2.05) is 24.3 Å². The van der Waals surface area contributed by atoms with Gasteiger partial charge in [-0.3, -0.25) is 9.52 Å². The maximum atomic E-state index is 13.1. The van der Waals surface area contributed by atoms with Crippen LogP contribution in [0.2, 0.25) is 5.02 Å². The van der Waals surface area contributed by atoms with Gasteiger partial charge in [0.25, 0.3) is 15.9 Å². The molecule has 33 heavy (non-hydrogen) atoms. The van der Waals surface area contributed by atoms with Gasteiger partial charge in [0.2, 0.25) is 0 Å². The van der Waals surface area contributed by atoms with E-state index in [1.165, 1.54) is 18.2 Å². The molecule has 1 N–H and O–H groups in total. The van der Waals surface area contributed by atoms with Crippen LogP contribution in [0.15, 0.2) is 71.6 Å². The van der Waals surface area contributed by atoms with Crippen molar-refractivity contribution >= 4 is 33.2 Å². The number of benzene rings is 3. The number of amides is 1. The van der Waals surface area contributed by atoms with Crippen molar-refractivity contribution in [3.8, 4) is 0 Å². The van der Waals surface area contributed by atoms with Gasteiger partial charge >= 0.3 is 6.18 Å². The molecule has 3 aromatic rings. The number of carbonyl (C=O) groups is 1. The monoisotopic (exact) mass is 494 g/mol. The lowest BCUT2D eigenvalue weighted by atomic mass is 9.99. The maximum Gasteiger partial charge on any atom is 0.416 e. The van der Waals surface area contributed by atoms with Gasteiger partial charge in [-0.1, -0.05) is 41.9 Å². The predicted molar refractivity (Wildman–Crippen MR) is 119 cm³/mol. The Hall–Kier alpha value is -3.04. The predicted octanol–water partition coefficient (Wildman–Crippen LogP) is 5.36. The van der Waals surface area contributed by atoms with Crippen molar-refractivity contribution in [2.75, 3.05) is 11.3 Å². The lowest BCUT2D eigenvalue weighted by Crippen LogP contribution is -2.36. The molecule has 0 radical (unpaired) electrons. The fraction of sp³-hybridized carbons (Fsp3) is 0.174. The molecule has 10 heteroatoms. The van der Waals surface area contributed by atoms with Crippen LogP contribution >= 0.6 is 11.6 Å². The van der Waals surface area contributed by atoms with Crippen LogP contribution in [-0.2, 0) is 29.2 Å². The van der Waals surface area contributed by atoms with E-state index in [0.29, 0.717) is 25.6 Å². The number of sulfonamides is 1. The SMILES string of the molecule is O=C(c1cc(S(=O)(=O)Nc2cccc(C(F)(F)F)c2)ccc1Cl)N1CCc2ccccc2C1. The van der Waals surface area contributed by atoms with Gasteiger partial charge in [0, 0.05) is 18.8 Å². The zero-order valence-electron chi connectivity index (χ0n) is 17.1. The summed E-state index contributed by atoms with van der Waals surface area (Å²) in [6.07, 6.45) is -3.96. The highest BCUT2D eigenvalue weighted by Crippen LogP contribution is 2.32. The van der Waals surface area contributed by atoms with Gasteiger partial charge in [-0.2, -0.15) is 13.2 Å². The zero-order chi connectivity index (χ0) is 23.8. The van der Waals surface area contributed by atoms with Crippen molar-refractivity contribution in [1.82, 2.24) is 4.90 Å². The van der Waals surface area contributed by atoms with Crippen molar-refractivity contribution < 1.29 is 26.4 Å². The van der Waals surface area contributed by atoms with Crippen molar-refractivity contribution in [3.05, 3.63) is 94.0 Å². The first-order valence-corrected chi connectivity index (χ1v) is 11.8. The molecule has 1 aliphatic rings. The van der Waals surface area contributed by atoms with Crippen LogP contribution in [0.25, 0.3) is 0 Å². The highest BCUT2D eigenvalue weighted by Gasteiger charge is 2.31. The minimum absolute atomic E-state index is 0.00275. The lowest BCUT2D eigenvalue weighted by Gasteiger charge is -2.29. The Morgan fingerprint density at radius 2 is 1.70 bits per heavy atom. The molecule has 172 valence electrons. The smallest absolute Gasteiger partial charge is 0.334 e. The fourth-order valence-electron chi connectivity index (χ4n) is 3.65. The first kappa shape index (κ1) is 23.1. The van der Waals surface area contributed by atoms with Crippen molar-refractivity contribution in [2.24, 2.45) is 0 Å². The molecule has 1 amide bonds. The normalized spacial score (nSPS) is 14.0. The minimum Gasteiger partial charge on any atom is -0.334 e. The van der Waals surface area contributed by atoms with Crippen molar-refractivity contribution in [3.63, 3.8) is 0 Å². The van der Waals surface area contributed by atoms with E-state index in [4.69, 9.17) is 11.6 Å². The second kappa shape index (κ2) is 8.72. The number of anilines is 1. The third kappa shape index (κ3) is 4.99. The summed E-state index contributed by atoms with van der Waals surface area (Å²) >= 11 is 6.20. The van der Waals surface area contributed by atoms with Gasteiger partial charge in [0.05, 0.1) is 21.0 Å². The number of hydrogen-bond donors (Lipinski definition) is 1. The topological polar surface area (TPSA) is 66.5 Å². The average Bonchev–Trinajstić information content (AvgIpc) is 2.78. The quantitative estimate of drug-likeness (QED) is 0.531. The molecule has 0 saturated heterocycles. The van der Waals surface area contributed by atoms with Crippen LogP contribution in [0, 0.1) is 0 Å². The first-order valence-electron chi connectivity index (χ1n) is 9.90. The maximum absolute atomic E-state index is 13.1. The summed E-state index contributed by atoms with van der Waals surface area (Å²) in [7, 11) is -4.27. The van der Waals surface area contributed by atoms with E-state index < -0.39 is 27.7 Å². The molecule has 4 rings (SSSR count). The lowest BCUT2D eigenvalue weighted by molar-refractivity contribution is -0.137. The summed E-state index contributed by atoms with van der Waals surface area (Å²) in [6.45, 7) is 0.816. The number of rotatable bonds is 4. The molecule has 0 spiro atoms. The largest absolute Gasteiger partial charge is 0.416 e. The summed E-state index contributed by atoms with van der Waals surface area (Å²) < 4.78 is 66.6. The second-order valence-corrected chi connectivity index (χ2v) is 9.66. The van der Waals surface area contributed by atoms with Crippen molar-refractivity contribution in [2.45, 2.75) is 24.0 Å². The van der Waals surface area contributed by atoms with Gasteiger partial charge in [0.15, 0.2) is 0 Å². The van der Waals surface area contributed by atoms with Gasteiger partial charge in [-0.05, 0) is 53.9 Å². The average molecular weight is 495 g/mol. The summed E-state index contributed by atoms with van der Waals surface area (Å²) in [5, 5.41) is 0.0804. The number of alkyl halides is 3. The molecular weight excluding hydrogens is 477 g/mol. The first-order chi connectivity index (χ1) is 15.5. The van der Waals surface area contributed by atoms with E-state index in [1.54, 1.807) is 4.90 Å². The Kier molecular flexibility index (Phi) is 6.11. The molecule has 0 saturated carbocycles. The van der Waals surface area contributed by atoms with Crippen LogP contribution in [-0.4, -0.2) is 25.8 Å². The van der Waals surface area contributed by atoms with E-state index >= 15 is 0 Å². The molecule has 3 aromatic carbocycles. The van der Waals surface area contributed by atoms with Crippen molar-refractivity contribution in [1.29, 1.82) is 0 Å². The second-order valence-electron chi connectivity index (χ2n) is 7.57. The van der Waals surface area contributed by atoms with Crippen LogP contribution in [0.5, 0.6) is 0 Å². The Balaban J connectivity index is 1.60. The number of nitrogens with zero attached hydrogens (tertiary/aromatic N) is 1. The number of hydrogen-bond acceptors (Lipinski definition) is 3. The number of halogens is 4. The molecule has 0 unspecified atom stereocenters. The highest BCUT2D eigenvalue weighted by atomic mass is 35.5. The van der Waals surface area contributed by atoms with Gasteiger partial charge in [-0.25, -0.2) is 8.42 Å². The van der Waals surface area contributed by atoms with Gasteiger partial charge in [-0.15, -0.1) is 0 Å². The number of fused-ring (bicyclic) bond motifs is 1. The fourth-order valence-corrected chi connectivity index (χ4v) is 4.92. The van der Waals surface area contributed by atoms with E-state index in [-0.39, 0.29) is 21.2 Å². The van der Waals surface area contributed by atoms with Gasteiger partial charge in [0.1, 0.15) is 0 Å². The summed E-state index contributed by atoms with van der Waals surface area (Å²) in [4.78, 5) is 14.4. The third-order valence-electron chi connectivity index (χ3n) is 5.34. The summed E-state index contributed by atoms with van der Waals surface area (Å²) in [6, 6.07) is 15.2. The molecule has 5 nitrogen and oxygen atoms in total. The molecule has 0 bridgehead atoms. The molecule has 0 aliphatic carbocycles. The Morgan fingerprint density at radius 3 is 2.42 bits per heavy atom. The highest BCUT2D eigenvalue weighted by molar-refractivity contribution is 7.92. The third-order valence-corrected chi connectivity index (χ3v) is 7.05. The summed E-state index contributed by atoms with van der Waals surface area (Å²) in [5.41, 5.74) is 0.917. The number of carbonyl (C=O) groups excluding carboxylic acids is 1. The minimum atomic E-state index is -4.62. The Morgan fingerprint density at radius 1 is 0.970 bits per heavy atom. The Bertz CT molecular complexity index is 1330. The standard InChI is InChI=1S/C23H18ClF3N2O3S/c24-21-9-8-19(33(31,32)28-18-7-3-6-17(12-18)23(25,26)27)13-20(21)22(30)29-11-10-15-4-1-2-5-16(15)14-29/h1-9,12-13,28H,10-11,14H2. The van der Waals surface area contributed by atoms with E-state index in [0.717, 1.165) is 29.3 Å². The van der Waals surface area contributed by atoms with E-state index in [2.05, 4.69) is 4.72 Å². The Labute approximate surface area is 193 Å². The molecule has 1 heterocycles. The van der Waals surface area contributed by atoms with Crippen LogP contribution in [0.4, 0.5) is 18.9 Å². The van der Waals surface area contributed by atoms with Gasteiger partial charge < -0.3 is 4.90 Å². The molecule has 0 atom stereocenters. The molecule has 0 aromatic heterocycles. The zero-order valence-corrected chi connectivity index (χ0v) is 18.6.